The van der Waals surface area contributed by atoms with Crippen LogP contribution in [-0.2, 0) is 9.53 Å². The van der Waals surface area contributed by atoms with E-state index >= 15 is 0 Å². The van der Waals surface area contributed by atoms with E-state index in [1.54, 1.807) is 0 Å². The number of fused-ring (bicyclic) bond motifs is 2. The Hall–Kier alpha value is -1.43. The Balaban J connectivity index is 1.64. The van der Waals surface area contributed by atoms with Gasteiger partial charge in [-0.2, -0.15) is 0 Å². The van der Waals surface area contributed by atoms with Gasteiger partial charge in [0.2, 0.25) is 0 Å². The van der Waals surface area contributed by atoms with Gasteiger partial charge in [-0.05, 0) is 5.56 Å². The largest absolute Gasteiger partial charge is 0.461 e. The third kappa shape index (κ3) is 3.21. The van der Waals surface area contributed by atoms with E-state index in [1.807, 2.05) is 30.3 Å². The number of piperidine rings is 1. The van der Waals surface area contributed by atoms with Crippen molar-refractivity contribution in [3.05, 3.63) is 35.9 Å². The molecule has 0 aromatic heterocycles. The summed E-state index contributed by atoms with van der Waals surface area (Å²) in [5.74, 6) is -0.935. The Morgan fingerprint density at radius 1 is 1.21 bits per heavy atom. The van der Waals surface area contributed by atoms with E-state index in [1.165, 1.54) is 0 Å². The Labute approximate surface area is 143 Å². The molecule has 5 heteroatoms. The van der Waals surface area contributed by atoms with E-state index in [-0.39, 0.29) is 25.3 Å². The normalized spacial score (nSPS) is 33.2. The SMILES string of the molecule is C[N+]1(CCO)[C@@H]2CC[C@@H]1CC(OC(=O)C(CO)c1ccccc1)C2. The molecule has 1 unspecified atom stereocenters. The summed E-state index contributed by atoms with van der Waals surface area (Å²) < 4.78 is 6.69. The fourth-order valence-electron chi connectivity index (χ4n) is 4.62. The molecular formula is C19H28NO4+. The van der Waals surface area contributed by atoms with Gasteiger partial charge in [-0.3, -0.25) is 4.79 Å². The topological polar surface area (TPSA) is 66.8 Å². The van der Waals surface area contributed by atoms with Crippen LogP contribution in [0.5, 0.6) is 0 Å². The number of ether oxygens (including phenoxy) is 1. The molecule has 0 radical (unpaired) electrons. The van der Waals surface area contributed by atoms with Crippen molar-refractivity contribution in [3.8, 4) is 0 Å². The van der Waals surface area contributed by atoms with Gasteiger partial charge in [0.05, 0.1) is 32.3 Å². The molecule has 24 heavy (non-hydrogen) atoms. The fourth-order valence-corrected chi connectivity index (χ4v) is 4.62. The number of hydrogen-bond acceptors (Lipinski definition) is 4. The lowest BCUT2D eigenvalue weighted by atomic mass is 9.96. The third-order valence-electron chi connectivity index (χ3n) is 6.11. The van der Waals surface area contributed by atoms with Gasteiger partial charge in [0, 0.05) is 25.7 Å². The molecule has 0 aliphatic carbocycles. The number of carbonyl (C=O) groups excluding carboxylic acids is 1. The third-order valence-corrected chi connectivity index (χ3v) is 6.11. The van der Waals surface area contributed by atoms with Gasteiger partial charge < -0.3 is 19.4 Å². The molecule has 2 N–H and O–H groups in total. The molecule has 1 aromatic carbocycles. The summed E-state index contributed by atoms with van der Waals surface area (Å²) in [6.45, 7) is 0.745. The first-order chi connectivity index (χ1) is 11.6. The highest BCUT2D eigenvalue weighted by Crippen LogP contribution is 2.42. The smallest absolute Gasteiger partial charge is 0.316 e. The van der Waals surface area contributed by atoms with Crippen molar-refractivity contribution in [3.63, 3.8) is 0 Å². The van der Waals surface area contributed by atoms with Gasteiger partial charge in [0.25, 0.3) is 0 Å². The Bertz CT molecular complexity index is 548. The van der Waals surface area contributed by atoms with E-state index < -0.39 is 5.92 Å². The molecule has 2 heterocycles. The van der Waals surface area contributed by atoms with Gasteiger partial charge in [-0.1, -0.05) is 30.3 Å². The van der Waals surface area contributed by atoms with Crippen LogP contribution in [0, 0.1) is 0 Å². The number of quaternary nitrogens is 1. The summed E-state index contributed by atoms with van der Waals surface area (Å²) in [6.07, 6.45) is 3.91. The van der Waals surface area contributed by atoms with Crippen molar-refractivity contribution in [1.29, 1.82) is 0 Å². The van der Waals surface area contributed by atoms with Crippen molar-refractivity contribution in [2.45, 2.75) is 49.8 Å². The monoisotopic (exact) mass is 334 g/mol. The van der Waals surface area contributed by atoms with Crippen LogP contribution in [0.25, 0.3) is 0 Å². The standard InChI is InChI=1S/C19H28NO4/c1-20(9-10-21)15-7-8-16(20)12-17(11-15)24-19(23)18(13-22)14-5-3-2-4-6-14/h2-6,15-18,21-22H,7-13H2,1H3/q+1/t15-,16-,17?,18?,20?/m1/s1. The maximum Gasteiger partial charge on any atom is 0.316 e. The summed E-state index contributed by atoms with van der Waals surface area (Å²) in [7, 11) is 2.22. The highest BCUT2D eigenvalue weighted by Gasteiger charge is 2.52. The molecule has 2 saturated heterocycles. The minimum absolute atomic E-state index is 0.0716. The maximum absolute atomic E-state index is 12.5. The quantitative estimate of drug-likeness (QED) is 0.610. The molecule has 1 aromatic rings. The predicted octanol–water partition coefficient (Wildman–Crippen LogP) is 1.44. The minimum Gasteiger partial charge on any atom is -0.461 e. The number of hydrogen-bond donors (Lipinski definition) is 2. The van der Waals surface area contributed by atoms with Crippen LogP contribution in [-0.4, -0.2) is 65.7 Å². The zero-order chi connectivity index (χ0) is 17.2. The zero-order valence-corrected chi connectivity index (χ0v) is 14.3. The average molecular weight is 334 g/mol. The van der Waals surface area contributed by atoms with Gasteiger partial charge in [-0.25, -0.2) is 0 Å². The summed E-state index contributed by atoms with van der Waals surface area (Å²) in [5.41, 5.74) is 0.796. The highest BCUT2D eigenvalue weighted by atomic mass is 16.5. The fraction of sp³-hybridized carbons (Fsp3) is 0.632. The maximum atomic E-state index is 12.5. The summed E-state index contributed by atoms with van der Waals surface area (Å²) in [4.78, 5) is 12.5. The first kappa shape index (κ1) is 17.4. The molecule has 0 spiro atoms. The number of aliphatic hydroxyl groups is 2. The van der Waals surface area contributed by atoms with Crippen LogP contribution in [0.1, 0.15) is 37.2 Å². The van der Waals surface area contributed by atoms with Crippen LogP contribution in [0.2, 0.25) is 0 Å². The number of benzene rings is 1. The molecule has 2 fully saturated rings. The van der Waals surface area contributed by atoms with Crippen molar-refractivity contribution in [2.75, 3.05) is 26.8 Å². The Morgan fingerprint density at radius 3 is 2.38 bits per heavy atom. The lowest BCUT2D eigenvalue weighted by molar-refractivity contribution is -0.949. The second-order valence-electron chi connectivity index (χ2n) is 7.36. The number of esters is 1. The lowest BCUT2D eigenvalue weighted by Gasteiger charge is -2.46. The molecule has 3 rings (SSSR count). The van der Waals surface area contributed by atoms with Gasteiger partial charge in [0.15, 0.2) is 0 Å². The minimum atomic E-state index is -0.607. The number of carbonyl (C=O) groups is 1. The van der Waals surface area contributed by atoms with Crippen LogP contribution < -0.4 is 0 Å². The van der Waals surface area contributed by atoms with E-state index in [4.69, 9.17) is 4.74 Å². The zero-order valence-electron chi connectivity index (χ0n) is 14.3. The molecule has 3 atom stereocenters. The van der Waals surface area contributed by atoms with Crippen molar-refractivity contribution in [2.24, 2.45) is 0 Å². The van der Waals surface area contributed by atoms with E-state index in [0.717, 1.165) is 42.3 Å². The highest BCUT2D eigenvalue weighted by molar-refractivity contribution is 5.78. The number of nitrogens with zero attached hydrogens (tertiary/aromatic N) is 1. The molecule has 0 saturated carbocycles. The Kier molecular flexibility index (Phi) is 5.23. The van der Waals surface area contributed by atoms with Crippen LogP contribution >= 0.6 is 0 Å². The van der Waals surface area contributed by atoms with E-state index in [9.17, 15) is 15.0 Å². The van der Waals surface area contributed by atoms with Crippen LogP contribution in [0.4, 0.5) is 0 Å². The summed E-state index contributed by atoms with van der Waals surface area (Å²) >= 11 is 0. The van der Waals surface area contributed by atoms with Crippen LogP contribution in [0.15, 0.2) is 30.3 Å². The van der Waals surface area contributed by atoms with Crippen molar-refractivity contribution >= 4 is 5.97 Å². The number of rotatable bonds is 6. The lowest BCUT2D eigenvalue weighted by Crippen LogP contribution is -2.60. The molecule has 2 aliphatic heterocycles. The first-order valence-electron chi connectivity index (χ1n) is 8.90. The van der Waals surface area contributed by atoms with Crippen molar-refractivity contribution < 1.29 is 24.2 Å². The van der Waals surface area contributed by atoms with Gasteiger partial charge in [-0.15, -0.1) is 0 Å². The van der Waals surface area contributed by atoms with Crippen LogP contribution in [0.3, 0.4) is 0 Å². The number of aliphatic hydroxyl groups excluding tert-OH is 2. The molecule has 0 amide bonds. The second kappa shape index (κ2) is 7.21. The van der Waals surface area contributed by atoms with Gasteiger partial charge in [0.1, 0.15) is 18.6 Å². The molecule has 2 bridgehead atoms. The average Bonchev–Trinajstić information content (AvgIpc) is 2.75. The Morgan fingerprint density at radius 2 is 1.83 bits per heavy atom. The second-order valence-corrected chi connectivity index (χ2v) is 7.36. The van der Waals surface area contributed by atoms with Gasteiger partial charge >= 0.3 is 5.97 Å². The summed E-state index contributed by atoms with van der Waals surface area (Å²) in [6, 6.07) is 10.2. The molecule has 132 valence electrons. The predicted molar refractivity (Wildman–Crippen MR) is 90.3 cm³/mol. The summed E-state index contributed by atoms with van der Waals surface area (Å²) in [5, 5.41) is 19.0. The first-order valence-corrected chi connectivity index (χ1v) is 8.90. The number of likely N-dealkylation sites (N-methyl/N-ethyl adjacent to an activating group) is 1. The molecular weight excluding hydrogens is 306 g/mol. The van der Waals surface area contributed by atoms with E-state index in [0.29, 0.717) is 12.1 Å². The molecule has 5 nitrogen and oxygen atoms in total. The molecule has 2 aliphatic rings. The van der Waals surface area contributed by atoms with E-state index in [2.05, 4.69) is 7.05 Å². The van der Waals surface area contributed by atoms with Crippen molar-refractivity contribution in [1.82, 2.24) is 0 Å².